The van der Waals surface area contributed by atoms with Gasteiger partial charge in [-0.15, -0.1) is 10.2 Å². The number of carbonyl (C=O) groups excluding carboxylic acids is 1. The first-order chi connectivity index (χ1) is 29.2. The van der Waals surface area contributed by atoms with Crippen LogP contribution >= 0.6 is 0 Å². The molecule has 0 aromatic heterocycles. The molecule has 0 amide bonds. The molecule has 0 radical (unpaired) electrons. The van der Waals surface area contributed by atoms with Gasteiger partial charge in [0, 0.05) is 28.6 Å². The summed E-state index contributed by atoms with van der Waals surface area (Å²) in [6, 6.07) is 25.7. The standard InChI is InChI=1S/C38H27N9O12S3/c39-30-14-15-31(29-19-27(60(51,52)53)12-13-28(29)30)44-41-23-8-4-20(5-9-23)21-6-10-24(11-7-21)42-46-37-33(62(57,58)59)17-22-16-32(61(54,55)56)36(35(40)34(22)38(37)48)45-43-25-2-1-3-26(18-25)47(49)50/h1-19,42H,39-40H2,(H,51,52,53)(H,54,55,56)(H,57,58,59). The highest BCUT2D eigenvalue weighted by atomic mass is 32.2. The minimum Gasteiger partial charge on any atom is -0.398 e. The van der Waals surface area contributed by atoms with Crippen molar-refractivity contribution in [3.63, 3.8) is 0 Å². The molecule has 0 unspecified atom stereocenters. The quantitative estimate of drug-likeness (QED) is 0.0237. The van der Waals surface area contributed by atoms with Crippen LogP contribution in [0.2, 0.25) is 0 Å². The average molecular weight is 898 g/mol. The van der Waals surface area contributed by atoms with Crippen LogP contribution in [-0.2, 0) is 30.4 Å². The van der Waals surface area contributed by atoms with Crippen molar-refractivity contribution in [3.05, 3.63) is 135 Å². The van der Waals surface area contributed by atoms with Crippen molar-refractivity contribution in [2.45, 2.75) is 9.79 Å². The number of nitrogen functional groups attached to an aromatic ring is 2. The summed E-state index contributed by atoms with van der Waals surface area (Å²) in [5.74, 6) is -1.20. The van der Waals surface area contributed by atoms with E-state index in [2.05, 4.69) is 31.0 Å². The van der Waals surface area contributed by atoms with Crippen molar-refractivity contribution in [2.75, 3.05) is 16.9 Å². The van der Waals surface area contributed by atoms with E-state index in [1.807, 2.05) is 0 Å². The van der Waals surface area contributed by atoms with E-state index in [0.717, 1.165) is 23.8 Å². The van der Waals surface area contributed by atoms with Crippen LogP contribution in [0.15, 0.2) is 149 Å². The zero-order valence-corrected chi connectivity index (χ0v) is 33.5. The van der Waals surface area contributed by atoms with Gasteiger partial charge < -0.3 is 11.5 Å². The summed E-state index contributed by atoms with van der Waals surface area (Å²) in [7, 11) is -14.9. The number of allylic oxidation sites excluding steroid dienone is 1. The number of benzene rings is 6. The van der Waals surface area contributed by atoms with Gasteiger partial charge in [0.25, 0.3) is 36.0 Å². The number of hydrogen-bond donors (Lipinski definition) is 6. The highest BCUT2D eigenvalue weighted by molar-refractivity contribution is 7.91. The number of anilines is 3. The van der Waals surface area contributed by atoms with Crippen LogP contribution in [0.3, 0.4) is 0 Å². The number of nitro benzene ring substituents is 1. The van der Waals surface area contributed by atoms with Gasteiger partial charge in [0.15, 0.2) is 5.71 Å². The SMILES string of the molecule is Nc1c(N=Nc2cccc([N+](=O)[O-])c2)c(S(=O)(=O)O)cc2c1C(=O)C(=NNc1ccc(-c3ccc(N=Nc4ccc(N)c5ccc(S(=O)(=O)O)cc45)cc3)cc1)C(S(=O)(=O)O)=C2. The lowest BCUT2D eigenvalue weighted by Gasteiger charge is -2.20. The summed E-state index contributed by atoms with van der Waals surface area (Å²) in [5.41, 5.74) is 13.8. The predicted molar refractivity (Wildman–Crippen MR) is 227 cm³/mol. The number of non-ortho nitro benzene ring substituents is 1. The summed E-state index contributed by atoms with van der Waals surface area (Å²) < 4.78 is 103. The van der Waals surface area contributed by atoms with Gasteiger partial charge in [-0.2, -0.15) is 40.6 Å². The maximum Gasteiger partial charge on any atom is 0.296 e. The van der Waals surface area contributed by atoms with Crippen molar-refractivity contribution in [1.29, 1.82) is 0 Å². The summed E-state index contributed by atoms with van der Waals surface area (Å²) in [4.78, 5) is 22.0. The molecule has 7 rings (SSSR count). The largest absolute Gasteiger partial charge is 0.398 e. The van der Waals surface area contributed by atoms with Crippen molar-refractivity contribution >= 4 is 104 Å². The average Bonchev–Trinajstić information content (AvgIpc) is 3.22. The number of carbonyl (C=O) groups is 1. The van der Waals surface area contributed by atoms with E-state index in [1.165, 1.54) is 42.5 Å². The number of rotatable bonds is 11. The number of hydrogen-bond acceptors (Lipinski definition) is 17. The molecule has 0 aliphatic heterocycles. The van der Waals surface area contributed by atoms with E-state index in [0.29, 0.717) is 39.5 Å². The number of nitrogens with two attached hydrogens (primary N) is 2. The fraction of sp³-hybridized carbons (Fsp3) is 0. The Hall–Kier alpha value is -7.61. The van der Waals surface area contributed by atoms with Gasteiger partial charge in [0.05, 0.1) is 43.8 Å². The number of nitrogens with zero attached hydrogens (tertiary/aromatic N) is 6. The van der Waals surface area contributed by atoms with E-state index in [1.54, 1.807) is 48.5 Å². The minimum absolute atomic E-state index is 0.124. The first kappa shape index (κ1) is 42.5. The molecule has 6 aromatic carbocycles. The molecule has 314 valence electrons. The molecule has 21 nitrogen and oxygen atoms in total. The maximum atomic E-state index is 13.9. The molecule has 1 aliphatic carbocycles. The Morgan fingerprint density at radius 3 is 1.95 bits per heavy atom. The lowest BCUT2D eigenvalue weighted by atomic mass is 9.92. The molecule has 24 heteroatoms. The van der Waals surface area contributed by atoms with Crippen LogP contribution in [-0.4, -0.2) is 55.3 Å². The van der Waals surface area contributed by atoms with Gasteiger partial charge in [-0.05, 0) is 83.4 Å². The zero-order chi connectivity index (χ0) is 44.7. The molecule has 0 saturated carbocycles. The summed E-state index contributed by atoms with van der Waals surface area (Å²) >= 11 is 0. The maximum absolute atomic E-state index is 13.9. The summed E-state index contributed by atoms with van der Waals surface area (Å²) in [5, 5.41) is 32.0. The van der Waals surface area contributed by atoms with Gasteiger partial charge in [-0.3, -0.25) is 34.0 Å². The second-order valence-corrected chi connectivity index (χ2v) is 17.3. The number of Topliss-reactive ketones (excluding diaryl/α,β-unsaturated/α-hetero) is 1. The third-order valence-electron chi connectivity index (χ3n) is 9.11. The molecule has 1 aliphatic rings. The number of nitro groups is 1. The predicted octanol–water partition coefficient (Wildman–Crippen LogP) is 7.80. The Morgan fingerprint density at radius 1 is 0.661 bits per heavy atom. The molecule has 0 saturated heterocycles. The van der Waals surface area contributed by atoms with Gasteiger partial charge >= 0.3 is 0 Å². The Morgan fingerprint density at radius 2 is 1.32 bits per heavy atom. The Balaban J connectivity index is 1.14. The third-order valence-corrected chi connectivity index (χ3v) is 11.7. The molecular formula is C38H27N9O12S3. The Labute approximate surface area is 350 Å². The second-order valence-electron chi connectivity index (χ2n) is 13.1. The fourth-order valence-corrected chi connectivity index (χ4v) is 7.98. The number of hydrazone groups is 1. The van der Waals surface area contributed by atoms with Crippen LogP contribution in [0.1, 0.15) is 15.9 Å². The molecule has 0 spiro atoms. The van der Waals surface area contributed by atoms with Crippen LogP contribution in [0.5, 0.6) is 0 Å². The first-order valence-electron chi connectivity index (χ1n) is 17.3. The number of nitrogens with one attached hydrogen (secondary N) is 1. The van der Waals surface area contributed by atoms with Crippen LogP contribution in [0.25, 0.3) is 28.0 Å². The van der Waals surface area contributed by atoms with Gasteiger partial charge in [-0.1, -0.05) is 36.4 Å². The molecule has 8 N–H and O–H groups in total. The molecule has 0 atom stereocenters. The van der Waals surface area contributed by atoms with Gasteiger partial charge in [0.2, 0.25) is 5.78 Å². The second kappa shape index (κ2) is 16.1. The van der Waals surface area contributed by atoms with Crippen molar-refractivity contribution in [2.24, 2.45) is 25.6 Å². The lowest BCUT2D eigenvalue weighted by Crippen LogP contribution is -2.28. The Bertz CT molecular complexity index is 3360. The van der Waals surface area contributed by atoms with E-state index < -0.39 is 79.1 Å². The molecule has 62 heavy (non-hydrogen) atoms. The highest BCUT2D eigenvalue weighted by Crippen LogP contribution is 2.41. The minimum atomic E-state index is -5.20. The van der Waals surface area contributed by atoms with Crippen molar-refractivity contribution in [1.82, 2.24) is 0 Å². The highest BCUT2D eigenvalue weighted by Gasteiger charge is 2.37. The number of ketones is 1. The van der Waals surface area contributed by atoms with E-state index in [9.17, 15) is 53.8 Å². The zero-order valence-electron chi connectivity index (χ0n) is 31.0. The molecular weight excluding hydrogens is 871 g/mol. The van der Waals surface area contributed by atoms with Crippen LogP contribution in [0, 0.1) is 10.1 Å². The van der Waals surface area contributed by atoms with Crippen molar-refractivity contribution in [3.8, 4) is 11.1 Å². The summed E-state index contributed by atoms with van der Waals surface area (Å²) in [6.45, 7) is 0. The molecule has 6 aromatic rings. The Kier molecular flexibility index (Phi) is 11.0. The first-order valence-corrected chi connectivity index (χ1v) is 21.6. The lowest BCUT2D eigenvalue weighted by molar-refractivity contribution is -0.384. The summed E-state index contributed by atoms with van der Waals surface area (Å²) in [6.07, 6.45) is 0.725. The van der Waals surface area contributed by atoms with Crippen LogP contribution in [0.4, 0.5) is 45.5 Å². The normalized spacial score (nSPS) is 14.1. The fourth-order valence-electron chi connectivity index (χ4n) is 6.15. The van der Waals surface area contributed by atoms with E-state index in [4.69, 9.17) is 11.5 Å². The van der Waals surface area contributed by atoms with Gasteiger partial charge in [-0.25, -0.2) is 0 Å². The number of fused-ring (bicyclic) bond motifs is 2. The smallest absolute Gasteiger partial charge is 0.296 e. The van der Waals surface area contributed by atoms with Gasteiger partial charge in [0.1, 0.15) is 15.5 Å². The topological polar surface area (TPSA) is 349 Å². The van der Waals surface area contributed by atoms with E-state index >= 15 is 0 Å². The molecule has 0 bridgehead atoms. The third kappa shape index (κ3) is 8.80. The van der Waals surface area contributed by atoms with Crippen molar-refractivity contribution < 1.29 is 48.6 Å². The van der Waals surface area contributed by atoms with Crippen LogP contribution < -0.4 is 16.9 Å². The molecule has 0 heterocycles. The van der Waals surface area contributed by atoms with E-state index in [-0.39, 0.29) is 22.0 Å². The number of azo groups is 2. The monoisotopic (exact) mass is 897 g/mol. The molecule has 0 fully saturated rings.